The first-order chi connectivity index (χ1) is 9.07. The van der Waals surface area contributed by atoms with Crippen LogP contribution in [0.3, 0.4) is 0 Å². The van der Waals surface area contributed by atoms with Gasteiger partial charge in [0.25, 0.3) is 0 Å². The van der Waals surface area contributed by atoms with Gasteiger partial charge in [0.05, 0.1) is 4.90 Å². The molecule has 0 spiro atoms. The van der Waals surface area contributed by atoms with Crippen molar-refractivity contribution in [2.24, 2.45) is 0 Å². The Kier molecular flexibility index (Phi) is 2.64. The van der Waals surface area contributed by atoms with Crippen LogP contribution in [-0.2, 0) is 9.84 Å². The Morgan fingerprint density at radius 1 is 1.05 bits per heavy atom. The summed E-state index contributed by atoms with van der Waals surface area (Å²) in [6.07, 6.45) is 4.71. The fourth-order valence-electron chi connectivity index (χ4n) is 2.19. The highest BCUT2D eigenvalue weighted by Gasteiger charge is 2.16. The largest absolute Gasteiger partial charge is 0.346 e. The van der Waals surface area contributed by atoms with Crippen LogP contribution < -0.4 is 0 Å². The van der Waals surface area contributed by atoms with Crippen molar-refractivity contribution in [3.8, 4) is 11.1 Å². The third kappa shape index (κ3) is 2.02. The third-order valence-electron chi connectivity index (χ3n) is 3.03. The number of pyridine rings is 1. The Hall–Kier alpha value is -2.14. The second-order valence-electron chi connectivity index (χ2n) is 4.37. The van der Waals surface area contributed by atoms with Crippen molar-refractivity contribution in [1.29, 1.82) is 0 Å². The smallest absolute Gasteiger partial charge is 0.176 e. The third-order valence-corrected chi connectivity index (χ3v) is 4.18. The van der Waals surface area contributed by atoms with E-state index in [0.717, 1.165) is 16.6 Å². The molecule has 5 heteroatoms. The number of H-pyrrole nitrogens is 1. The summed E-state index contributed by atoms with van der Waals surface area (Å²) in [4.78, 5) is 7.61. The molecule has 19 heavy (non-hydrogen) atoms. The van der Waals surface area contributed by atoms with Gasteiger partial charge in [-0.1, -0.05) is 18.2 Å². The molecule has 0 atom stereocenters. The number of hydrogen-bond acceptors (Lipinski definition) is 3. The Morgan fingerprint density at radius 2 is 1.84 bits per heavy atom. The average Bonchev–Trinajstić information content (AvgIpc) is 2.81. The summed E-state index contributed by atoms with van der Waals surface area (Å²) < 4.78 is 23.7. The first-order valence-corrected chi connectivity index (χ1v) is 7.68. The Morgan fingerprint density at radius 3 is 2.63 bits per heavy atom. The number of aromatic nitrogens is 2. The normalized spacial score (nSPS) is 11.8. The lowest BCUT2D eigenvalue weighted by Gasteiger charge is -2.06. The summed E-state index contributed by atoms with van der Waals surface area (Å²) in [6.45, 7) is 0. The SMILES string of the molecule is CS(=O)(=O)c1ccccc1-c1c[nH]c2ncccc12. The molecule has 4 nitrogen and oxygen atoms in total. The van der Waals surface area contributed by atoms with Crippen LogP contribution in [-0.4, -0.2) is 24.6 Å². The molecule has 0 aliphatic carbocycles. The molecular formula is C14H12N2O2S. The van der Waals surface area contributed by atoms with Gasteiger partial charge in [-0.3, -0.25) is 0 Å². The Bertz CT molecular complexity index is 851. The van der Waals surface area contributed by atoms with Gasteiger partial charge in [-0.15, -0.1) is 0 Å². The molecule has 2 heterocycles. The van der Waals surface area contributed by atoms with Crippen LogP contribution in [0.1, 0.15) is 0 Å². The molecule has 96 valence electrons. The molecule has 0 unspecified atom stereocenters. The maximum absolute atomic E-state index is 11.9. The summed E-state index contributed by atoms with van der Waals surface area (Å²) >= 11 is 0. The highest BCUT2D eigenvalue weighted by Crippen LogP contribution is 2.32. The van der Waals surface area contributed by atoms with Crippen LogP contribution in [0.4, 0.5) is 0 Å². The summed E-state index contributed by atoms with van der Waals surface area (Å²) in [5.41, 5.74) is 2.30. The minimum Gasteiger partial charge on any atom is -0.346 e. The molecule has 2 aromatic heterocycles. The number of hydrogen-bond donors (Lipinski definition) is 1. The van der Waals surface area contributed by atoms with Crippen molar-refractivity contribution in [2.45, 2.75) is 4.90 Å². The van der Waals surface area contributed by atoms with E-state index in [-0.39, 0.29) is 0 Å². The van der Waals surface area contributed by atoms with Gasteiger partial charge >= 0.3 is 0 Å². The van der Waals surface area contributed by atoms with E-state index in [0.29, 0.717) is 10.5 Å². The van der Waals surface area contributed by atoms with Crippen LogP contribution in [0.5, 0.6) is 0 Å². The van der Waals surface area contributed by atoms with Crippen LogP contribution in [0.2, 0.25) is 0 Å². The molecule has 1 N–H and O–H groups in total. The van der Waals surface area contributed by atoms with E-state index < -0.39 is 9.84 Å². The van der Waals surface area contributed by atoms with Crippen molar-refractivity contribution in [3.63, 3.8) is 0 Å². The summed E-state index contributed by atoms with van der Waals surface area (Å²) in [6, 6.07) is 10.8. The van der Waals surface area contributed by atoms with Crippen molar-refractivity contribution < 1.29 is 8.42 Å². The van der Waals surface area contributed by atoms with E-state index in [9.17, 15) is 8.42 Å². The van der Waals surface area contributed by atoms with E-state index in [1.165, 1.54) is 6.26 Å². The minimum atomic E-state index is -3.26. The molecule has 3 rings (SSSR count). The quantitative estimate of drug-likeness (QED) is 0.780. The molecule has 0 fully saturated rings. The molecule has 0 aliphatic rings. The van der Waals surface area contributed by atoms with Gasteiger partial charge < -0.3 is 4.98 Å². The molecule has 1 aromatic carbocycles. The zero-order valence-electron chi connectivity index (χ0n) is 10.3. The fourth-order valence-corrected chi connectivity index (χ4v) is 3.09. The second-order valence-corrected chi connectivity index (χ2v) is 6.35. The first-order valence-electron chi connectivity index (χ1n) is 5.79. The zero-order chi connectivity index (χ0) is 13.5. The van der Waals surface area contributed by atoms with Gasteiger partial charge in [-0.2, -0.15) is 0 Å². The predicted molar refractivity (Wildman–Crippen MR) is 74.6 cm³/mol. The van der Waals surface area contributed by atoms with E-state index in [1.54, 1.807) is 24.5 Å². The summed E-state index contributed by atoms with van der Waals surface area (Å²) in [5.74, 6) is 0. The number of rotatable bonds is 2. The van der Waals surface area contributed by atoms with E-state index in [4.69, 9.17) is 0 Å². The summed E-state index contributed by atoms with van der Waals surface area (Å²) in [7, 11) is -3.26. The van der Waals surface area contributed by atoms with Gasteiger partial charge in [0.1, 0.15) is 5.65 Å². The van der Waals surface area contributed by atoms with E-state index in [2.05, 4.69) is 9.97 Å². The number of fused-ring (bicyclic) bond motifs is 1. The van der Waals surface area contributed by atoms with Gasteiger partial charge in [-0.25, -0.2) is 13.4 Å². The van der Waals surface area contributed by atoms with Gasteiger partial charge in [0, 0.05) is 35.2 Å². The monoisotopic (exact) mass is 272 g/mol. The lowest BCUT2D eigenvalue weighted by molar-refractivity contribution is 0.602. The summed E-state index contributed by atoms with van der Waals surface area (Å²) in [5, 5.41) is 0.915. The minimum absolute atomic E-state index is 0.333. The highest BCUT2D eigenvalue weighted by atomic mass is 32.2. The van der Waals surface area contributed by atoms with Gasteiger partial charge in [0.15, 0.2) is 9.84 Å². The lowest BCUT2D eigenvalue weighted by Crippen LogP contribution is -1.99. The lowest BCUT2D eigenvalue weighted by atomic mass is 10.1. The maximum Gasteiger partial charge on any atom is 0.176 e. The first kappa shape index (κ1) is 11.9. The molecule has 0 saturated carbocycles. The van der Waals surface area contributed by atoms with Gasteiger partial charge in [-0.05, 0) is 18.2 Å². The Labute approximate surface area is 111 Å². The van der Waals surface area contributed by atoms with E-state index >= 15 is 0 Å². The van der Waals surface area contributed by atoms with Crippen molar-refractivity contribution >= 4 is 20.9 Å². The number of nitrogens with zero attached hydrogens (tertiary/aromatic N) is 1. The Balaban J connectivity index is 2.34. The average molecular weight is 272 g/mol. The van der Waals surface area contributed by atoms with Crippen LogP contribution in [0.25, 0.3) is 22.2 Å². The number of nitrogens with one attached hydrogen (secondary N) is 1. The molecule has 3 aromatic rings. The van der Waals surface area contributed by atoms with Gasteiger partial charge in [0.2, 0.25) is 0 Å². The molecule has 0 radical (unpaired) electrons. The van der Waals surface area contributed by atoms with Crippen LogP contribution >= 0.6 is 0 Å². The van der Waals surface area contributed by atoms with Crippen LogP contribution in [0, 0.1) is 0 Å². The van der Waals surface area contributed by atoms with Crippen LogP contribution in [0.15, 0.2) is 53.7 Å². The molecule has 0 aliphatic heterocycles. The van der Waals surface area contributed by atoms with E-state index in [1.807, 2.05) is 24.3 Å². The molecule has 0 amide bonds. The standard InChI is InChI=1S/C14H12N2O2S/c1-19(17,18)13-7-3-2-5-10(13)12-9-16-14-11(12)6-4-8-15-14/h2-9H,1H3,(H,15,16). The number of benzene rings is 1. The van der Waals surface area contributed by atoms with Crippen molar-refractivity contribution in [3.05, 3.63) is 48.8 Å². The topological polar surface area (TPSA) is 62.8 Å². The maximum atomic E-state index is 11.9. The molecule has 0 bridgehead atoms. The predicted octanol–water partition coefficient (Wildman–Crippen LogP) is 2.63. The number of sulfone groups is 1. The zero-order valence-corrected chi connectivity index (χ0v) is 11.1. The fraction of sp³-hybridized carbons (Fsp3) is 0.0714. The van der Waals surface area contributed by atoms with Crippen molar-refractivity contribution in [2.75, 3.05) is 6.26 Å². The second kappa shape index (κ2) is 4.20. The molecule has 0 saturated heterocycles. The van der Waals surface area contributed by atoms with Crippen molar-refractivity contribution in [1.82, 2.24) is 9.97 Å². The highest BCUT2D eigenvalue weighted by molar-refractivity contribution is 7.90. The number of aromatic amines is 1. The molecular weight excluding hydrogens is 260 g/mol.